The van der Waals surface area contributed by atoms with E-state index in [4.69, 9.17) is 9.47 Å². The Hall–Kier alpha value is -0.810. The lowest BCUT2D eigenvalue weighted by Gasteiger charge is -2.26. The second-order valence-corrected chi connectivity index (χ2v) is 8.58. The maximum absolute atomic E-state index is 11.9. The number of aliphatic hydroxyl groups is 1. The number of hydrogen-bond acceptors (Lipinski definition) is 5. The number of unbranched alkanes of at least 4 members (excludes halogenated alkanes) is 9. The second-order valence-electron chi connectivity index (χ2n) is 8.58. The van der Waals surface area contributed by atoms with Crippen molar-refractivity contribution in [3.63, 3.8) is 0 Å². The molecule has 0 saturated carbocycles. The van der Waals surface area contributed by atoms with Crippen LogP contribution in [0.25, 0.3) is 0 Å². The molecular formula is C24H47NO4. The van der Waals surface area contributed by atoms with Gasteiger partial charge in [-0.2, -0.15) is 0 Å². The van der Waals surface area contributed by atoms with Gasteiger partial charge in [-0.3, -0.25) is 0 Å². The molecule has 5 nitrogen and oxygen atoms in total. The van der Waals surface area contributed by atoms with Crippen molar-refractivity contribution in [3.8, 4) is 0 Å². The van der Waals surface area contributed by atoms with Gasteiger partial charge in [0.25, 0.3) is 0 Å². The maximum Gasteiger partial charge on any atom is 0.508 e. The van der Waals surface area contributed by atoms with Gasteiger partial charge in [-0.1, -0.05) is 71.1 Å². The van der Waals surface area contributed by atoms with Crippen LogP contribution in [0.15, 0.2) is 0 Å². The third-order valence-corrected chi connectivity index (χ3v) is 5.88. The van der Waals surface area contributed by atoms with Gasteiger partial charge in [-0.15, -0.1) is 0 Å². The van der Waals surface area contributed by atoms with Crippen molar-refractivity contribution in [2.45, 2.75) is 116 Å². The number of rotatable bonds is 18. The number of aliphatic hydroxyl groups excluding tert-OH is 1. The monoisotopic (exact) mass is 413 g/mol. The first kappa shape index (κ1) is 26.2. The zero-order chi connectivity index (χ0) is 21.0. The van der Waals surface area contributed by atoms with Gasteiger partial charge < -0.3 is 19.5 Å². The molecule has 1 aliphatic heterocycles. The van der Waals surface area contributed by atoms with Crippen molar-refractivity contribution < 1.29 is 19.4 Å². The zero-order valence-corrected chi connectivity index (χ0v) is 19.0. The first-order valence-corrected chi connectivity index (χ1v) is 12.4. The number of carbonyl (C=O) groups excluding carboxylic acids is 1. The minimum Gasteiger partial charge on any atom is -0.434 e. The molecule has 0 bridgehead atoms. The van der Waals surface area contributed by atoms with E-state index in [9.17, 15) is 9.90 Å². The van der Waals surface area contributed by atoms with Crippen LogP contribution in [-0.2, 0) is 9.47 Å². The normalized spacial score (nSPS) is 15.9. The third kappa shape index (κ3) is 15.7. The van der Waals surface area contributed by atoms with Crippen LogP contribution < -0.4 is 0 Å². The molecule has 0 unspecified atom stereocenters. The summed E-state index contributed by atoms with van der Waals surface area (Å²) in [5.41, 5.74) is 0. The van der Waals surface area contributed by atoms with Crippen LogP contribution in [0.2, 0.25) is 0 Å². The minimum atomic E-state index is -0.575. The Bertz CT molecular complexity index is 372. The standard InChI is InChI=1S/C24H47NO4/c1-2-3-4-5-6-7-8-9-10-12-16-23(17-21-26)29-24(27)28-22-15-20-25-18-13-11-14-19-25/h23,26H,2-22H2,1H3/t23-/m1/s1. The highest BCUT2D eigenvalue weighted by atomic mass is 16.7. The molecule has 1 fully saturated rings. The number of piperidine rings is 1. The van der Waals surface area contributed by atoms with Crippen molar-refractivity contribution in [2.24, 2.45) is 0 Å². The maximum atomic E-state index is 11.9. The predicted octanol–water partition coefficient (Wildman–Crippen LogP) is 6.08. The number of carbonyl (C=O) groups is 1. The molecule has 0 aromatic carbocycles. The first-order valence-electron chi connectivity index (χ1n) is 12.4. The van der Waals surface area contributed by atoms with Crippen molar-refractivity contribution >= 4 is 6.16 Å². The summed E-state index contributed by atoms with van der Waals surface area (Å²) in [6.07, 6.45) is 18.2. The molecule has 0 aromatic rings. The molecule has 1 saturated heterocycles. The summed E-state index contributed by atoms with van der Waals surface area (Å²) in [5.74, 6) is 0. The molecule has 1 N–H and O–H groups in total. The van der Waals surface area contributed by atoms with Crippen LogP contribution in [-0.4, -0.2) is 55.1 Å². The lowest BCUT2D eigenvalue weighted by Crippen LogP contribution is -2.31. The lowest BCUT2D eigenvalue weighted by atomic mass is 10.0. The fourth-order valence-corrected chi connectivity index (χ4v) is 4.06. The summed E-state index contributed by atoms with van der Waals surface area (Å²) in [6, 6.07) is 0. The van der Waals surface area contributed by atoms with E-state index in [1.807, 2.05) is 0 Å². The van der Waals surface area contributed by atoms with Crippen LogP contribution in [0.1, 0.15) is 110 Å². The average Bonchev–Trinajstić information content (AvgIpc) is 2.73. The molecule has 1 atom stereocenters. The second kappa shape index (κ2) is 19.2. The van der Waals surface area contributed by atoms with E-state index in [1.54, 1.807) is 0 Å². The van der Waals surface area contributed by atoms with E-state index < -0.39 is 6.16 Å². The van der Waals surface area contributed by atoms with E-state index >= 15 is 0 Å². The Morgan fingerprint density at radius 1 is 0.862 bits per heavy atom. The van der Waals surface area contributed by atoms with Gasteiger partial charge in [0, 0.05) is 19.6 Å². The fraction of sp³-hybridized carbons (Fsp3) is 0.958. The number of likely N-dealkylation sites (tertiary alicyclic amines) is 1. The number of hydrogen-bond donors (Lipinski definition) is 1. The summed E-state index contributed by atoms with van der Waals surface area (Å²) in [4.78, 5) is 14.4. The Balaban J connectivity index is 1.99. The summed E-state index contributed by atoms with van der Waals surface area (Å²) in [6.45, 7) is 6.05. The largest absolute Gasteiger partial charge is 0.508 e. The number of nitrogens with zero attached hydrogens (tertiary/aromatic N) is 1. The molecule has 1 aliphatic rings. The predicted molar refractivity (Wildman–Crippen MR) is 119 cm³/mol. The van der Waals surface area contributed by atoms with Gasteiger partial charge in [0.1, 0.15) is 6.10 Å². The minimum absolute atomic E-state index is 0.0463. The van der Waals surface area contributed by atoms with Gasteiger partial charge in [0.05, 0.1) is 6.61 Å². The quantitative estimate of drug-likeness (QED) is 0.218. The van der Waals surface area contributed by atoms with E-state index in [1.165, 1.54) is 90.1 Å². The molecule has 0 spiro atoms. The van der Waals surface area contributed by atoms with Gasteiger partial charge in [-0.05, 0) is 45.2 Å². The molecule has 172 valence electrons. The highest BCUT2D eigenvalue weighted by molar-refractivity contribution is 5.60. The Kier molecular flexibility index (Phi) is 17.3. The van der Waals surface area contributed by atoms with Crippen molar-refractivity contribution in [1.82, 2.24) is 4.90 Å². The first-order chi connectivity index (χ1) is 14.3. The molecular weight excluding hydrogens is 366 g/mol. The molecule has 5 heteroatoms. The Morgan fingerprint density at radius 3 is 2.10 bits per heavy atom. The molecule has 0 radical (unpaired) electrons. The van der Waals surface area contributed by atoms with E-state index in [2.05, 4.69) is 11.8 Å². The molecule has 29 heavy (non-hydrogen) atoms. The summed E-state index contributed by atoms with van der Waals surface area (Å²) >= 11 is 0. The van der Waals surface area contributed by atoms with Crippen LogP contribution in [0.5, 0.6) is 0 Å². The highest BCUT2D eigenvalue weighted by Gasteiger charge is 2.15. The Labute approximate surface area is 179 Å². The summed E-state index contributed by atoms with van der Waals surface area (Å²) in [5, 5.41) is 9.23. The van der Waals surface area contributed by atoms with Gasteiger partial charge in [0.15, 0.2) is 0 Å². The molecule has 0 aliphatic carbocycles. The van der Waals surface area contributed by atoms with Crippen LogP contribution in [0.4, 0.5) is 4.79 Å². The van der Waals surface area contributed by atoms with Gasteiger partial charge >= 0.3 is 6.16 Å². The third-order valence-electron chi connectivity index (χ3n) is 5.88. The van der Waals surface area contributed by atoms with Gasteiger partial charge in [0.2, 0.25) is 0 Å². The van der Waals surface area contributed by atoms with Gasteiger partial charge in [-0.25, -0.2) is 4.79 Å². The lowest BCUT2D eigenvalue weighted by molar-refractivity contribution is 0.0101. The molecule has 0 amide bonds. The van der Waals surface area contributed by atoms with Crippen LogP contribution in [0.3, 0.4) is 0 Å². The highest BCUT2D eigenvalue weighted by Crippen LogP contribution is 2.15. The van der Waals surface area contributed by atoms with Crippen LogP contribution in [0, 0.1) is 0 Å². The smallest absolute Gasteiger partial charge is 0.434 e. The SMILES string of the molecule is CCCCCCCCCCCC[C@H](CCO)OC(=O)OCCCN1CCCCC1. The topological polar surface area (TPSA) is 59.0 Å². The Morgan fingerprint density at radius 2 is 1.48 bits per heavy atom. The van der Waals surface area contributed by atoms with E-state index in [0.29, 0.717) is 13.0 Å². The van der Waals surface area contributed by atoms with Crippen molar-refractivity contribution in [2.75, 3.05) is 32.8 Å². The number of ether oxygens (including phenoxy) is 2. The molecule has 1 rings (SSSR count). The van der Waals surface area contributed by atoms with E-state index in [-0.39, 0.29) is 12.7 Å². The molecule has 1 heterocycles. The summed E-state index contributed by atoms with van der Waals surface area (Å²) < 4.78 is 10.7. The van der Waals surface area contributed by atoms with Crippen molar-refractivity contribution in [1.29, 1.82) is 0 Å². The van der Waals surface area contributed by atoms with E-state index in [0.717, 1.165) is 25.8 Å². The van der Waals surface area contributed by atoms with Crippen LogP contribution >= 0.6 is 0 Å². The zero-order valence-electron chi connectivity index (χ0n) is 19.0. The summed E-state index contributed by atoms with van der Waals surface area (Å²) in [7, 11) is 0. The fourth-order valence-electron chi connectivity index (χ4n) is 4.06. The molecule has 0 aromatic heterocycles. The average molecular weight is 414 g/mol. The van der Waals surface area contributed by atoms with Crippen molar-refractivity contribution in [3.05, 3.63) is 0 Å².